The summed E-state index contributed by atoms with van der Waals surface area (Å²) in [5, 5.41) is 15.7. The topological polar surface area (TPSA) is 119 Å². The van der Waals surface area contributed by atoms with E-state index in [4.69, 9.17) is 15.2 Å². The van der Waals surface area contributed by atoms with Crippen molar-refractivity contribution in [3.8, 4) is 28.2 Å². The number of benzene rings is 1. The van der Waals surface area contributed by atoms with E-state index in [1.54, 1.807) is 23.1 Å². The van der Waals surface area contributed by atoms with Gasteiger partial charge in [0.2, 0.25) is 0 Å². The van der Waals surface area contributed by atoms with Gasteiger partial charge >= 0.3 is 0 Å². The van der Waals surface area contributed by atoms with Crippen molar-refractivity contribution in [2.24, 2.45) is 0 Å². The number of nitrogens with zero attached hydrogens (tertiary/aromatic N) is 7. The predicted octanol–water partition coefficient (Wildman–Crippen LogP) is 1.99. The van der Waals surface area contributed by atoms with E-state index in [1.165, 1.54) is 12.1 Å². The lowest BCUT2D eigenvalue weighted by Gasteiger charge is -2.22. The van der Waals surface area contributed by atoms with Crippen LogP contribution in [0.3, 0.4) is 0 Å². The third kappa shape index (κ3) is 3.51. The summed E-state index contributed by atoms with van der Waals surface area (Å²) >= 11 is 0. The molecule has 1 aromatic carbocycles. The summed E-state index contributed by atoms with van der Waals surface area (Å²) in [5.74, 6) is -1.82. The van der Waals surface area contributed by atoms with Crippen LogP contribution in [-0.4, -0.2) is 55.0 Å². The second kappa shape index (κ2) is 7.81. The summed E-state index contributed by atoms with van der Waals surface area (Å²) in [6, 6.07) is 5.43. The average Bonchev–Trinajstić information content (AvgIpc) is 3.47. The Morgan fingerprint density at radius 2 is 1.94 bits per heavy atom. The third-order valence-corrected chi connectivity index (χ3v) is 4.88. The van der Waals surface area contributed by atoms with Gasteiger partial charge in [0.1, 0.15) is 18.3 Å². The quantitative estimate of drug-likeness (QED) is 0.526. The second-order valence-electron chi connectivity index (χ2n) is 6.87. The van der Waals surface area contributed by atoms with Gasteiger partial charge in [-0.3, -0.25) is 4.68 Å². The summed E-state index contributed by atoms with van der Waals surface area (Å²) < 4.78 is 41.5. The zero-order valence-corrected chi connectivity index (χ0v) is 16.0. The van der Waals surface area contributed by atoms with Gasteiger partial charge in [0, 0.05) is 23.5 Å². The molecule has 0 spiro atoms. The van der Waals surface area contributed by atoms with Crippen molar-refractivity contribution in [3.05, 3.63) is 54.5 Å². The molecule has 1 fully saturated rings. The van der Waals surface area contributed by atoms with Crippen LogP contribution in [0.2, 0.25) is 0 Å². The number of nitrogen functional groups attached to an aromatic ring is 1. The van der Waals surface area contributed by atoms with Gasteiger partial charge in [0.25, 0.3) is 0 Å². The van der Waals surface area contributed by atoms with Gasteiger partial charge in [-0.1, -0.05) is 6.07 Å². The van der Waals surface area contributed by atoms with Crippen LogP contribution >= 0.6 is 0 Å². The van der Waals surface area contributed by atoms with Gasteiger partial charge in [-0.15, -0.1) is 5.10 Å². The van der Waals surface area contributed by atoms with Crippen molar-refractivity contribution in [1.82, 2.24) is 35.0 Å². The van der Waals surface area contributed by atoms with Crippen LogP contribution in [0, 0.1) is 11.6 Å². The number of aromatic nitrogens is 7. The lowest BCUT2D eigenvalue weighted by molar-refractivity contribution is -0.123. The minimum Gasteiger partial charge on any atom is -0.383 e. The van der Waals surface area contributed by atoms with Crippen molar-refractivity contribution in [2.75, 3.05) is 25.7 Å². The molecule has 1 aliphatic rings. The molecule has 0 saturated carbocycles. The van der Waals surface area contributed by atoms with Crippen LogP contribution in [0.25, 0.3) is 28.2 Å². The maximum Gasteiger partial charge on any atom is 0.190 e. The smallest absolute Gasteiger partial charge is 0.190 e. The van der Waals surface area contributed by atoms with Crippen molar-refractivity contribution < 1.29 is 18.3 Å². The molecular formula is C19H16F2N8O2. The van der Waals surface area contributed by atoms with E-state index in [-0.39, 0.29) is 30.2 Å². The largest absolute Gasteiger partial charge is 0.383 e. The van der Waals surface area contributed by atoms with E-state index in [9.17, 15) is 8.78 Å². The maximum absolute atomic E-state index is 14.3. The molecule has 3 aromatic heterocycles. The lowest BCUT2D eigenvalue weighted by atomic mass is 10.1. The highest BCUT2D eigenvalue weighted by atomic mass is 19.2. The van der Waals surface area contributed by atoms with Crippen LogP contribution < -0.4 is 5.73 Å². The maximum atomic E-state index is 14.3. The van der Waals surface area contributed by atoms with E-state index in [1.807, 2.05) is 6.20 Å². The lowest BCUT2D eigenvalue weighted by Crippen LogP contribution is -2.27. The predicted molar refractivity (Wildman–Crippen MR) is 104 cm³/mol. The summed E-state index contributed by atoms with van der Waals surface area (Å²) in [5.41, 5.74) is 7.74. The van der Waals surface area contributed by atoms with Gasteiger partial charge < -0.3 is 15.2 Å². The fourth-order valence-corrected chi connectivity index (χ4v) is 3.30. The molecule has 31 heavy (non-hydrogen) atoms. The molecule has 5 rings (SSSR count). The Balaban J connectivity index is 1.53. The fraction of sp³-hybridized carbons (Fsp3) is 0.211. The highest BCUT2D eigenvalue weighted by molar-refractivity contribution is 5.76. The minimum absolute atomic E-state index is 0.0352. The highest BCUT2D eigenvalue weighted by Crippen LogP contribution is 2.30. The number of rotatable bonds is 4. The average molecular weight is 426 g/mol. The SMILES string of the molecule is Nc1ncc(-c2cnn(C3COCOC3)c2)cc1-c1nnnn1-c1cccc(F)c1F. The number of nitrogens with two attached hydrogens (primary N) is 1. The van der Waals surface area contributed by atoms with Crippen LogP contribution in [0.1, 0.15) is 6.04 Å². The Morgan fingerprint density at radius 1 is 1.10 bits per heavy atom. The van der Waals surface area contributed by atoms with Crippen LogP contribution in [0.5, 0.6) is 0 Å². The Kier molecular flexibility index (Phi) is 4.84. The normalized spacial score (nSPS) is 14.8. The molecule has 4 aromatic rings. The Labute approximate surface area is 174 Å². The number of halogens is 2. The van der Waals surface area contributed by atoms with E-state index in [0.717, 1.165) is 16.3 Å². The number of hydrogen-bond donors (Lipinski definition) is 1. The van der Waals surface area contributed by atoms with E-state index >= 15 is 0 Å². The number of ether oxygens (including phenoxy) is 2. The first-order valence-electron chi connectivity index (χ1n) is 9.30. The summed E-state index contributed by atoms with van der Waals surface area (Å²) in [6.45, 7) is 1.27. The first kappa shape index (κ1) is 19.2. The molecule has 1 saturated heterocycles. The molecule has 12 heteroatoms. The first-order chi connectivity index (χ1) is 15.1. The first-order valence-corrected chi connectivity index (χ1v) is 9.30. The monoisotopic (exact) mass is 426 g/mol. The molecule has 0 radical (unpaired) electrons. The summed E-state index contributed by atoms with van der Waals surface area (Å²) in [7, 11) is 0. The molecule has 4 heterocycles. The molecular weight excluding hydrogens is 410 g/mol. The molecule has 0 amide bonds. The number of anilines is 1. The van der Waals surface area contributed by atoms with Crippen molar-refractivity contribution >= 4 is 5.82 Å². The molecule has 0 atom stereocenters. The summed E-state index contributed by atoms with van der Waals surface area (Å²) in [6.07, 6.45) is 5.11. The van der Waals surface area contributed by atoms with Crippen LogP contribution in [0.15, 0.2) is 42.9 Å². The molecule has 1 aliphatic heterocycles. The minimum atomic E-state index is -1.07. The van der Waals surface area contributed by atoms with Crippen molar-refractivity contribution in [3.63, 3.8) is 0 Å². The molecule has 0 aliphatic carbocycles. The van der Waals surface area contributed by atoms with E-state index < -0.39 is 11.6 Å². The van der Waals surface area contributed by atoms with Crippen LogP contribution in [0.4, 0.5) is 14.6 Å². The molecule has 0 unspecified atom stereocenters. The molecule has 10 nitrogen and oxygen atoms in total. The fourth-order valence-electron chi connectivity index (χ4n) is 3.30. The molecule has 2 N–H and O–H groups in total. The van der Waals surface area contributed by atoms with Gasteiger partial charge in [-0.2, -0.15) is 9.78 Å². The van der Waals surface area contributed by atoms with Crippen molar-refractivity contribution in [1.29, 1.82) is 0 Å². The number of tetrazole rings is 1. The number of pyridine rings is 1. The van der Waals surface area contributed by atoms with E-state index in [0.29, 0.717) is 24.3 Å². The van der Waals surface area contributed by atoms with Crippen LogP contribution in [-0.2, 0) is 9.47 Å². The summed E-state index contributed by atoms with van der Waals surface area (Å²) in [4.78, 5) is 4.22. The van der Waals surface area contributed by atoms with E-state index in [2.05, 4.69) is 25.6 Å². The second-order valence-corrected chi connectivity index (χ2v) is 6.87. The van der Waals surface area contributed by atoms with Crippen molar-refractivity contribution in [2.45, 2.75) is 6.04 Å². The standard InChI is InChI=1S/C19H16F2N8O2/c20-15-2-1-3-16(17(15)21)29-19(25-26-27-29)14-4-11(5-23-18(14)22)12-6-24-28(7-12)13-8-30-10-31-9-13/h1-7,13H,8-10H2,(H2,22,23). The molecule has 158 valence electrons. The Morgan fingerprint density at radius 3 is 2.77 bits per heavy atom. The van der Waals surface area contributed by atoms with Gasteiger partial charge in [0.05, 0.1) is 31.0 Å². The molecule has 0 bridgehead atoms. The van der Waals surface area contributed by atoms with Gasteiger partial charge in [-0.25, -0.2) is 13.8 Å². The zero-order chi connectivity index (χ0) is 21.4. The van der Waals surface area contributed by atoms with Gasteiger partial charge in [-0.05, 0) is 28.6 Å². The van der Waals surface area contributed by atoms with Gasteiger partial charge in [0.15, 0.2) is 17.5 Å². The number of hydrogen-bond acceptors (Lipinski definition) is 8. The third-order valence-electron chi connectivity index (χ3n) is 4.88. The Bertz CT molecular complexity index is 1240. The zero-order valence-electron chi connectivity index (χ0n) is 16.0. The Hall–Kier alpha value is -3.77. The highest BCUT2D eigenvalue weighted by Gasteiger charge is 2.21.